The molecule has 1 N–H and O–H groups in total. The van der Waals surface area contributed by atoms with Gasteiger partial charge in [-0.2, -0.15) is 0 Å². The lowest BCUT2D eigenvalue weighted by atomic mass is 10.1. The number of methoxy groups -OCH3 is 3. The molecule has 0 unspecified atom stereocenters. The molecule has 0 aliphatic heterocycles. The fourth-order valence-electron chi connectivity index (χ4n) is 3.11. The normalized spacial score (nSPS) is 10.5. The molecule has 3 aromatic rings. The highest BCUT2D eigenvalue weighted by atomic mass is 16.5. The summed E-state index contributed by atoms with van der Waals surface area (Å²) in [4.78, 5) is 4.48. The Bertz CT molecular complexity index is 965. The fraction of sp³-hybridized carbons (Fsp3) is 0.318. The Morgan fingerprint density at radius 2 is 1.41 bits per heavy atom. The number of anilines is 2. The van der Waals surface area contributed by atoms with Gasteiger partial charge >= 0.3 is 0 Å². The molecular formula is C22H26N2O5. The van der Waals surface area contributed by atoms with Gasteiger partial charge in [-0.05, 0) is 26.0 Å². The van der Waals surface area contributed by atoms with Gasteiger partial charge in [-0.1, -0.05) is 0 Å². The van der Waals surface area contributed by atoms with Crippen LogP contribution in [-0.4, -0.2) is 39.5 Å². The molecule has 2 aromatic carbocycles. The van der Waals surface area contributed by atoms with Gasteiger partial charge in [0.1, 0.15) is 0 Å². The van der Waals surface area contributed by atoms with Crippen molar-refractivity contribution in [1.82, 2.24) is 4.98 Å². The Kier molecular flexibility index (Phi) is 6.49. The maximum atomic E-state index is 5.77. The molecule has 1 heterocycles. The van der Waals surface area contributed by atoms with Crippen LogP contribution in [0.2, 0.25) is 0 Å². The zero-order chi connectivity index (χ0) is 20.8. The van der Waals surface area contributed by atoms with Gasteiger partial charge in [0.25, 0.3) is 0 Å². The summed E-state index contributed by atoms with van der Waals surface area (Å²) in [7, 11) is 4.76. The average Bonchev–Trinajstić information content (AvgIpc) is 2.74. The van der Waals surface area contributed by atoms with Crippen molar-refractivity contribution in [3.05, 3.63) is 36.5 Å². The number of ether oxygens (including phenoxy) is 5. The third-order valence-corrected chi connectivity index (χ3v) is 4.35. The first-order valence-corrected chi connectivity index (χ1v) is 9.40. The first kappa shape index (κ1) is 20.4. The average molecular weight is 398 g/mol. The molecular weight excluding hydrogens is 372 g/mol. The van der Waals surface area contributed by atoms with Crippen LogP contribution in [0.4, 0.5) is 11.4 Å². The van der Waals surface area contributed by atoms with E-state index >= 15 is 0 Å². The Morgan fingerprint density at radius 1 is 0.793 bits per heavy atom. The van der Waals surface area contributed by atoms with E-state index in [-0.39, 0.29) is 0 Å². The highest BCUT2D eigenvalue weighted by molar-refractivity contribution is 5.95. The van der Waals surface area contributed by atoms with E-state index in [0.717, 1.165) is 22.3 Å². The molecule has 0 spiro atoms. The van der Waals surface area contributed by atoms with Crippen LogP contribution < -0.4 is 29.0 Å². The standard InChI is InChI=1S/C22H26N2O5/c1-6-28-18-12-15-16(8-9-23-17(15)13-19(18)29-7-2)24-14-10-20(25-3)22(27-5)21(11-14)26-4/h8-13H,6-7H2,1-5H3,(H,23,24). The van der Waals surface area contributed by atoms with Crippen LogP contribution in [0.3, 0.4) is 0 Å². The van der Waals surface area contributed by atoms with Gasteiger partial charge in [0, 0.05) is 41.2 Å². The number of rotatable bonds is 9. The van der Waals surface area contributed by atoms with Crippen molar-refractivity contribution in [3.63, 3.8) is 0 Å². The van der Waals surface area contributed by atoms with Crippen LogP contribution in [0.25, 0.3) is 10.9 Å². The van der Waals surface area contributed by atoms with Crippen LogP contribution >= 0.6 is 0 Å². The van der Waals surface area contributed by atoms with E-state index in [1.165, 1.54) is 0 Å². The maximum Gasteiger partial charge on any atom is 0.203 e. The lowest BCUT2D eigenvalue weighted by molar-refractivity contribution is 0.288. The minimum Gasteiger partial charge on any atom is -0.493 e. The van der Waals surface area contributed by atoms with Gasteiger partial charge in [-0.25, -0.2) is 0 Å². The largest absolute Gasteiger partial charge is 0.493 e. The molecule has 29 heavy (non-hydrogen) atoms. The summed E-state index contributed by atoms with van der Waals surface area (Å²) >= 11 is 0. The van der Waals surface area contributed by atoms with E-state index in [4.69, 9.17) is 23.7 Å². The van der Waals surface area contributed by atoms with Gasteiger partial charge in [0.2, 0.25) is 5.75 Å². The Labute approximate surface area is 170 Å². The van der Waals surface area contributed by atoms with Crippen molar-refractivity contribution in [3.8, 4) is 28.7 Å². The summed E-state index contributed by atoms with van der Waals surface area (Å²) in [6.45, 7) is 4.98. The van der Waals surface area contributed by atoms with Crippen molar-refractivity contribution < 1.29 is 23.7 Å². The molecule has 7 nitrogen and oxygen atoms in total. The van der Waals surface area contributed by atoms with E-state index in [1.807, 2.05) is 44.2 Å². The number of pyridine rings is 1. The quantitative estimate of drug-likeness (QED) is 0.555. The lowest BCUT2D eigenvalue weighted by Crippen LogP contribution is -2.00. The summed E-state index contributed by atoms with van der Waals surface area (Å²) in [6, 6.07) is 9.44. The first-order chi connectivity index (χ1) is 14.1. The van der Waals surface area contributed by atoms with E-state index in [1.54, 1.807) is 27.5 Å². The molecule has 0 aliphatic rings. The topological polar surface area (TPSA) is 71.1 Å². The highest BCUT2D eigenvalue weighted by Crippen LogP contribution is 2.42. The number of fused-ring (bicyclic) bond motifs is 1. The highest BCUT2D eigenvalue weighted by Gasteiger charge is 2.15. The molecule has 0 aliphatic carbocycles. The third-order valence-electron chi connectivity index (χ3n) is 4.35. The summed E-state index contributed by atoms with van der Waals surface area (Å²) in [5.41, 5.74) is 2.46. The van der Waals surface area contributed by atoms with Crippen LogP contribution in [-0.2, 0) is 0 Å². The van der Waals surface area contributed by atoms with Crippen LogP contribution in [0.5, 0.6) is 28.7 Å². The molecule has 0 radical (unpaired) electrons. The summed E-state index contributed by atoms with van der Waals surface area (Å²) < 4.78 is 27.8. The van der Waals surface area contributed by atoms with Crippen molar-refractivity contribution in [2.45, 2.75) is 13.8 Å². The molecule has 1 aromatic heterocycles. The Morgan fingerprint density at radius 3 is 1.97 bits per heavy atom. The second-order valence-electron chi connectivity index (χ2n) is 6.08. The van der Waals surface area contributed by atoms with Crippen molar-refractivity contribution in [1.29, 1.82) is 0 Å². The van der Waals surface area contributed by atoms with E-state index in [0.29, 0.717) is 42.0 Å². The predicted octanol–water partition coefficient (Wildman–Crippen LogP) is 4.80. The lowest BCUT2D eigenvalue weighted by Gasteiger charge is -2.17. The minimum atomic E-state index is 0.542. The first-order valence-electron chi connectivity index (χ1n) is 9.40. The van der Waals surface area contributed by atoms with Gasteiger partial charge in [-0.3, -0.25) is 4.98 Å². The van der Waals surface area contributed by atoms with Crippen LogP contribution in [0.1, 0.15) is 13.8 Å². The van der Waals surface area contributed by atoms with Gasteiger partial charge in [0.05, 0.1) is 40.1 Å². The van der Waals surface area contributed by atoms with Crippen molar-refractivity contribution in [2.75, 3.05) is 39.9 Å². The molecule has 7 heteroatoms. The van der Waals surface area contributed by atoms with E-state index in [9.17, 15) is 0 Å². The summed E-state index contributed by atoms with van der Waals surface area (Å²) in [6.07, 6.45) is 1.75. The van der Waals surface area contributed by atoms with Crippen LogP contribution in [0.15, 0.2) is 36.5 Å². The van der Waals surface area contributed by atoms with Crippen molar-refractivity contribution in [2.24, 2.45) is 0 Å². The van der Waals surface area contributed by atoms with E-state index in [2.05, 4.69) is 10.3 Å². The monoisotopic (exact) mass is 398 g/mol. The second kappa shape index (κ2) is 9.23. The fourth-order valence-corrected chi connectivity index (χ4v) is 3.11. The van der Waals surface area contributed by atoms with E-state index < -0.39 is 0 Å². The Balaban J connectivity index is 2.07. The Hall–Kier alpha value is -3.35. The molecule has 3 rings (SSSR count). The predicted molar refractivity (Wildman–Crippen MR) is 113 cm³/mol. The number of nitrogens with one attached hydrogen (secondary N) is 1. The zero-order valence-electron chi connectivity index (χ0n) is 17.4. The van der Waals surface area contributed by atoms with Crippen LogP contribution in [0, 0.1) is 0 Å². The SMILES string of the molecule is CCOc1cc2nccc(Nc3cc(OC)c(OC)c(OC)c3)c2cc1OCC. The molecule has 0 atom stereocenters. The molecule has 0 fully saturated rings. The third kappa shape index (κ3) is 4.23. The number of hydrogen-bond donors (Lipinski definition) is 1. The summed E-state index contributed by atoms with van der Waals surface area (Å²) in [5, 5.41) is 4.33. The molecule has 0 saturated heterocycles. The van der Waals surface area contributed by atoms with Gasteiger partial charge < -0.3 is 29.0 Å². The number of benzene rings is 2. The second-order valence-corrected chi connectivity index (χ2v) is 6.08. The molecule has 0 bridgehead atoms. The number of nitrogens with zero attached hydrogens (tertiary/aromatic N) is 1. The number of aromatic nitrogens is 1. The minimum absolute atomic E-state index is 0.542. The summed E-state index contributed by atoms with van der Waals surface area (Å²) in [5.74, 6) is 3.05. The molecule has 154 valence electrons. The smallest absolute Gasteiger partial charge is 0.203 e. The maximum absolute atomic E-state index is 5.77. The molecule has 0 saturated carbocycles. The zero-order valence-corrected chi connectivity index (χ0v) is 17.4. The van der Waals surface area contributed by atoms with Crippen molar-refractivity contribution >= 4 is 22.3 Å². The van der Waals surface area contributed by atoms with Gasteiger partial charge in [0.15, 0.2) is 23.0 Å². The molecule has 0 amide bonds. The number of hydrogen-bond acceptors (Lipinski definition) is 7. The van der Waals surface area contributed by atoms with Gasteiger partial charge in [-0.15, -0.1) is 0 Å².